The second-order valence-electron chi connectivity index (χ2n) is 4.84. The maximum atomic E-state index is 12.1. The summed E-state index contributed by atoms with van der Waals surface area (Å²) in [5, 5.41) is 11.9. The predicted octanol–water partition coefficient (Wildman–Crippen LogP) is 2.63. The molecular weight excluding hydrogens is 282 g/mol. The van der Waals surface area contributed by atoms with Gasteiger partial charge in [-0.25, -0.2) is 4.79 Å². The van der Waals surface area contributed by atoms with Gasteiger partial charge in [0, 0.05) is 12.1 Å². The number of ether oxygens (including phenoxy) is 1. The van der Waals surface area contributed by atoms with Crippen LogP contribution in [0.15, 0.2) is 42.5 Å². The lowest BCUT2D eigenvalue weighted by Crippen LogP contribution is -2.23. The number of amides is 1. The van der Waals surface area contributed by atoms with E-state index in [-0.39, 0.29) is 18.0 Å². The molecule has 2 rings (SSSR count). The number of aromatic carboxylic acids is 1. The van der Waals surface area contributed by atoms with E-state index in [1.54, 1.807) is 24.3 Å². The summed E-state index contributed by atoms with van der Waals surface area (Å²) in [6.45, 7) is 2.11. The van der Waals surface area contributed by atoms with Gasteiger partial charge in [0.05, 0.1) is 7.11 Å². The number of hydrogen-bond acceptors (Lipinski definition) is 3. The Bertz CT molecular complexity index is 710. The summed E-state index contributed by atoms with van der Waals surface area (Å²) in [7, 11) is 1.42. The van der Waals surface area contributed by atoms with Crippen molar-refractivity contribution < 1.29 is 19.4 Å². The van der Waals surface area contributed by atoms with Gasteiger partial charge in [-0.2, -0.15) is 0 Å². The van der Waals surface area contributed by atoms with Crippen molar-refractivity contribution in [1.82, 2.24) is 5.32 Å². The number of carboxylic acid groups (broad SMARTS) is 1. The van der Waals surface area contributed by atoms with Gasteiger partial charge in [0.25, 0.3) is 5.91 Å². The molecule has 2 N–H and O–H groups in total. The van der Waals surface area contributed by atoms with Gasteiger partial charge in [0.2, 0.25) is 0 Å². The SMILES string of the molecule is COc1ccc(CNC(=O)c2ccccc2C)cc1C(=O)O. The summed E-state index contributed by atoms with van der Waals surface area (Å²) in [6.07, 6.45) is 0. The average Bonchev–Trinajstić information content (AvgIpc) is 2.52. The Hall–Kier alpha value is -2.82. The molecule has 0 radical (unpaired) electrons. The number of benzene rings is 2. The first kappa shape index (κ1) is 15.6. The van der Waals surface area contributed by atoms with E-state index in [2.05, 4.69) is 5.32 Å². The molecule has 5 heteroatoms. The zero-order valence-electron chi connectivity index (χ0n) is 12.4. The van der Waals surface area contributed by atoms with Crippen LogP contribution in [-0.4, -0.2) is 24.1 Å². The number of carbonyl (C=O) groups excluding carboxylic acids is 1. The van der Waals surface area contributed by atoms with Crippen LogP contribution in [-0.2, 0) is 6.54 Å². The van der Waals surface area contributed by atoms with Crippen LogP contribution in [0.25, 0.3) is 0 Å². The monoisotopic (exact) mass is 299 g/mol. The Morgan fingerprint density at radius 1 is 1.14 bits per heavy atom. The lowest BCUT2D eigenvalue weighted by atomic mass is 10.1. The second kappa shape index (κ2) is 6.76. The van der Waals surface area contributed by atoms with E-state index in [4.69, 9.17) is 9.84 Å². The molecule has 2 aromatic carbocycles. The summed E-state index contributed by atoms with van der Waals surface area (Å²) in [6, 6.07) is 12.1. The van der Waals surface area contributed by atoms with Crippen molar-refractivity contribution in [3.05, 3.63) is 64.7 Å². The third-order valence-corrected chi connectivity index (χ3v) is 3.34. The average molecular weight is 299 g/mol. The van der Waals surface area contributed by atoms with Crippen molar-refractivity contribution in [1.29, 1.82) is 0 Å². The molecule has 22 heavy (non-hydrogen) atoms. The second-order valence-corrected chi connectivity index (χ2v) is 4.84. The lowest BCUT2D eigenvalue weighted by Gasteiger charge is -2.10. The number of aryl methyl sites for hydroxylation is 1. The molecule has 0 aliphatic rings. The molecule has 0 heterocycles. The molecule has 0 atom stereocenters. The van der Waals surface area contributed by atoms with E-state index in [1.807, 2.05) is 19.1 Å². The number of hydrogen-bond donors (Lipinski definition) is 2. The lowest BCUT2D eigenvalue weighted by molar-refractivity contribution is 0.0693. The molecule has 0 saturated carbocycles. The fourth-order valence-electron chi connectivity index (χ4n) is 2.14. The van der Waals surface area contributed by atoms with Crippen LogP contribution >= 0.6 is 0 Å². The van der Waals surface area contributed by atoms with Crippen LogP contribution in [0.2, 0.25) is 0 Å². The van der Waals surface area contributed by atoms with Gasteiger partial charge in [0.15, 0.2) is 0 Å². The zero-order valence-corrected chi connectivity index (χ0v) is 12.4. The van der Waals surface area contributed by atoms with Crippen molar-refractivity contribution in [2.45, 2.75) is 13.5 Å². The number of rotatable bonds is 5. The van der Waals surface area contributed by atoms with E-state index >= 15 is 0 Å². The van der Waals surface area contributed by atoms with Crippen molar-refractivity contribution in [3.8, 4) is 5.75 Å². The summed E-state index contributed by atoms with van der Waals surface area (Å²) in [5.74, 6) is -0.962. The van der Waals surface area contributed by atoms with Gasteiger partial charge in [-0.15, -0.1) is 0 Å². The smallest absolute Gasteiger partial charge is 0.339 e. The van der Waals surface area contributed by atoms with Gasteiger partial charge in [-0.1, -0.05) is 24.3 Å². The molecule has 0 aliphatic heterocycles. The first-order chi connectivity index (χ1) is 10.5. The Balaban J connectivity index is 2.12. The Labute approximate surface area is 128 Å². The minimum absolute atomic E-state index is 0.0742. The number of nitrogens with one attached hydrogen (secondary N) is 1. The fraction of sp³-hybridized carbons (Fsp3) is 0.176. The molecule has 0 bridgehead atoms. The van der Waals surface area contributed by atoms with Gasteiger partial charge < -0.3 is 15.2 Å². The maximum absolute atomic E-state index is 12.1. The van der Waals surface area contributed by atoms with Gasteiger partial charge in [-0.3, -0.25) is 4.79 Å². The van der Waals surface area contributed by atoms with E-state index < -0.39 is 5.97 Å². The highest BCUT2D eigenvalue weighted by Crippen LogP contribution is 2.20. The standard InChI is InChI=1S/C17H17NO4/c1-11-5-3-4-6-13(11)16(19)18-10-12-7-8-15(22-2)14(9-12)17(20)21/h3-9H,10H2,1-2H3,(H,18,19)(H,20,21). The number of carbonyl (C=O) groups is 2. The van der Waals surface area contributed by atoms with E-state index in [0.29, 0.717) is 16.9 Å². The van der Waals surface area contributed by atoms with Crippen LogP contribution in [0.3, 0.4) is 0 Å². The van der Waals surface area contributed by atoms with Gasteiger partial charge in [-0.05, 0) is 36.2 Å². The molecule has 5 nitrogen and oxygen atoms in total. The van der Waals surface area contributed by atoms with Crippen molar-refractivity contribution in [3.63, 3.8) is 0 Å². The normalized spacial score (nSPS) is 10.1. The summed E-state index contributed by atoms with van der Waals surface area (Å²) < 4.78 is 5.00. The maximum Gasteiger partial charge on any atom is 0.339 e. The molecule has 1 amide bonds. The van der Waals surface area contributed by atoms with E-state index in [9.17, 15) is 9.59 Å². The predicted molar refractivity (Wildman–Crippen MR) is 82.3 cm³/mol. The molecule has 114 valence electrons. The molecule has 0 unspecified atom stereocenters. The zero-order chi connectivity index (χ0) is 16.1. The van der Waals surface area contributed by atoms with Crippen molar-refractivity contribution in [2.24, 2.45) is 0 Å². The van der Waals surface area contributed by atoms with Crippen LogP contribution < -0.4 is 10.1 Å². The van der Waals surface area contributed by atoms with Crippen molar-refractivity contribution >= 4 is 11.9 Å². The quantitative estimate of drug-likeness (QED) is 0.890. The van der Waals surface area contributed by atoms with Crippen LogP contribution in [0.5, 0.6) is 5.75 Å². The highest BCUT2D eigenvalue weighted by Gasteiger charge is 2.12. The Kier molecular flexibility index (Phi) is 4.78. The molecule has 0 fully saturated rings. The number of methoxy groups -OCH3 is 1. The molecule has 0 spiro atoms. The minimum Gasteiger partial charge on any atom is -0.496 e. The summed E-state index contributed by atoms with van der Waals surface area (Å²) >= 11 is 0. The van der Waals surface area contributed by atoms with E-state index in [0.717, 1.165) is 5.56 Å². The Morgan fingerprint density at radius 2 is 1.86 bits per heavy atom. The first-order valence-electron chi connectivity index (χ1n) is 6.77. The highest BCUT2D eigenvalue weighted by atomic mass is 16.5. The van der Waals surface area contributed by atoms with Gasteiger partial charge >= 0.3 is 5.97 Å². The minimum atomic E-state index is -1.07. The van der Waals surface area contributed by atoms with E-state index in [1.165, 1.54) is 13.2 Å². The third-order valence-electron chi connectivity index (χ3n) is 3.34. The molecular formula is C17H17NO4. The topological polar surface area (TPSA) is 75.6 Å². The largest absolute Gasteiger partial charge is 0.496 e. The van der Waals surface area contributed by atoms with Crippen LogP contribution in [0, 0.1) is 6.92 Å². The van der Waals surface area contributed by atoms with Crippen LogP contribution in [0.1, 0.15) is 31.8 Å². The highest BCUT2D eigenvalue weighted by molar-refractivity contribution is 5.95. The fourth-order valence-corrected chi connectivity index (χ4v) is 2.14. The third kappa shape index (κ3) is 3.44. The number of carboxylic acids is 1. The molecule has 0 aliphatic carbocycles. The summed E-state index contributed by atoms with van der Waals surface area (Å²) in [4.78, 5) is 23.3. The van der Waals surface area contributed by atoms with Gasteiger partial charge in [0.1, 0.15) is 11.3 Å². The first-order valence-corrected chi connectivity index (χ1v) is 6.77. The molecule has 2 aromatic rings. The van der Waals surface area contributed by atoms with Crippen LogP contribution in [0.4, 0.5) is 0 Å². The summed E-state index contributed by atoms with van der Waals surface area (Å²) in [5.41, 5.74) is 2.26. The molecule has 0 saturated heterocycles. The Morgan fingerprint density at radius 3 is 2.50 bits per heavy atom. The molecule has 0 aromatic heterocycles. The van der Waals surface area contributed by atoms with Crippen molar-refractivity contribution in [2.75, 3.05) is 7.11 Å².